The summed E-state index contributed by atoms with van der Waals surface area (Å²) in [6.07, 6.45) is 4.41. The Bertz CT molecular complexity index is 877. The van der Waals surface area contributed by atoms with Crippen LogP contribution < -0.4 is 5.73 Å². The lowest BCUT2D eigenvalue weighted by atomic mass is 9.96. The first-order valence-electron chi connectivity index (χ1n) is 10.1. The Labute approximate surface area is 176 Å². The third-order valence-electron chi connectivity index (χ3n) is 5.35. The average molecular weight is 409 g/mol. The number of hydrogen-bond donors (Lipinski definition) is 1. The highest BCUT2D eigenvalue weighted by Crippen LogP contribution is 2.18. The minimum Gasteiger partial charge on any atom is -0.369 e. The van der Waals surface area contributed by atoms with Crippen LogP contribution in [0.2, 0.25) is 0 Å². The monoisotopic (exact) mass is 409 g/mol. The number of nitrogens with two attached hydrogens (primary N) is 1. The molecule has 1 aromatic heterocycles. The molecule has 8 nitrogen and oxygen atoms in total. The predicted octanol–water partition coefficient (Wildman–Crippen LogP) is 1.54. The number of piperidine rings is 1. The number of carbonyl (C=O) groups is 3. The van der Waals surface area contributed by atoms with Crippen LogP contribution in [0.1, 0.15) is 41.0 Å². The van der Waals surface area contributed by atoms with Gasteiger partial charge in [0.25, 0.3) is 5.91 Å². The molecule has 2 heterocycles. The lowest BCUT2D eigenvalue weighted by Gasteiger charge is -2.31. The summed E-state index contributed by atoms with van der Waals surface area (Å²) in [6.45, 7) is 3.50. The highest BCUT2D eigenvalue weighted by molar-refractivity contribution is 5.92. The number of aryl methyl sites for hydroxylation is 1. The first kappa shape index (κ1) is 21.4. The number of hydrogen-bond acceptors (Lipinski definition) is 5. The fraction of sp³-hybridized carbons (Fsp3) is 0.409. The lowest BCUT2D eigenvalue weighted by Crippen LogP contribution is -2.43. The summed E-state index contributed by atoms with van der Waals surface area (Å²) in [5.74, 6) is -0.753. The van der Waals surface area contributed by atoms with Crippen LogP contribution in [0.15, 0.2) is 42.7 Å². The van der Waals surface area contributed by atoms with Crippen molar-refractivity contribution >= 4 is 17.7 Å². The van der Waals surface area contributed by atoms with Crippen molar-refractivity contribution in [3.8, 4) is 0 Å². The van der Waals surface area contributed by atoms with Gasteiger partial charge in [0.15, 0.2) is 0 Å². The summed E-state index contributed by atoms with van der Waals surface area (Å²) in [5.41, 5.74) is 7.32. The molecule has 0 radical (unpaired) electrons. The van der Waals surface area contributed by atoms with Crippen LogP contribution in [0.25, 0.3) is 0 Å². The number of amides is 3. The van der Waals surface area contributed by atoms with E-state index in [1.807, 2.05) is 37.3 Å². The summed E-state index contributed by atoms with van der Waals surface area (Å²) >= 11 is 0. The van der Waals surface area contributed by atoms with Gasteiger partial charge >= 0.3 is 0 Å². The summed E-state index contributed by atoms with van der Waals surface area (Å²) in [4.78, 5) is 48.7. The molecule has 1 aromatic carbocycles. The Balaban J connectivity index is 1.65. The zero-order valence-electron chi connectivity index (χ0n) is 17.2. The number of benzene rings is 1. The first-order valence-corrected chi connectivity index (χ1v) is 10.1. The molecule has 0 atom stereocenters. The van der Waals surface area contributed by atoms with E-state index in [9.17, 15) is 14.4 Å². The summed E-state index contributed by atoms with van der Waals surface area (Å²) in [6, 6.07) is 9.63. The minimum atomic E-state index is -0.305. The SMILES string of the molecule is Cc1cnc(C(=O)N(CCC(=O)N2CCC(C(N)=O)CC2)Cc2ccccc2)cn1. The van der Waals surface area contributed by atoms with Crippen molar-refractivity contribution in [1.82, 2.24) is 19.8 Å². The maximum atomic E-state index is 13.0. The van der Waals surface area contributed by atoms with Gasteiger partial charge in [0.05, 0.1) is 11.9 Å². The van der Waals surface area contributed by atoms with Crippen molar-refractivity contribution in [2.75, 3.05) is 19.6 Å². The van der Waals surface area contributed by atoms with Crippen LogP contribution in [0.4, 0.5) is 0 Å². The molecule has 30 heavy (non-hydrogen) atoms. The highest BCUT2D eigenvalue weighted by Gasteiger charge is 2.26. The molecule has 1 fully saturated rings. The minimum absolute atomic E-state index is 0.0289. The molecule has 8 heteroatoms. The van der Waals surface area contributed by atoms with Crippen LogP contribution in [0.3, 0.4) is 0 Å². The van der Waals surface area contributed by atoms with E-state index in [4.69, 9.17) is 5.73 Å². The van der Waals surface area contributed by atoms with Crippen molar-refractivity contribution in [3.63, 3.8) is 0 Å². The Morgan fingerprint density at radius 2 is 1.80 bits per heavy atom. The van der Waals surface area contributed by atoms with E-state index in [0.29, 0.717) is 32.5 Å². The second kappa shape index (κ2) is 9.96. The second-order valence-corrected chi connectivity index (χ2v) is 7.56. The van der Waals surface area contributed by atoms with Gasteiger partial charge in [-0.15, -0.1) is 0 Å². The van der Waals surface area contributed by atoms with Crippen LogP contribution in [-0.4, -0.2) is 57.1 Å². The number of aromatic nitrogens is 2. The Morgan fingerprint density at radius 1 is 1.10 bits per heavy atom. The fourth-order valence-corrected chi connectivity index (χ4v) is 3.52. The average Bonchev–Trinajstić information content (AvgIpc) is 2.77. The highest BCUT2D eigenvalue weighted by atomic mass is 16.2. The van der Waals surface area contributed by atoms with E-state index in [2.05, 4.69) is 9.97 Å². The molecule has 1 saturated heterocycles. The van der Waals surface area contributed by atoms with Crippen molar-refractivity contribution in [2.24, 2.45) is 11.7 Å². The quantitative estimate of drug-likeness (QED) is 0.746. The molecule has 3 amide bonds. The molecule has 0 spiro atoms. The molecule has 1 aliphatic heterocycles. The van der Waals surface area contributed by atoms with Gasteiger partial charge in [-0.05, 0) is 25.3 Å². The van der Waals surface area contributed by atoms with Gasteiger partial charge < -0.3 is 15.5 Å². The molecule has 0 unspecified atom stereocenters. The van der Waals surface area contributed by atoms with Gasteiger partial charge in [-0.3, -0.25) is 19.4 Å². The van der Waals surface area contributed by atoms with Crippen molar-refractivity contribution in [3.05, 3.63) is 59.7 Å². The second-order valence-electron chi connectivity index (χ2n) is 7.56. The van der Waals surface area contributed by atoms with E-state index in [0.717, 1.165) is 11.3 Å². The fourth-order valence-electron chi connectivity index (χ4n) is 3.52. The summed E-state index contributed by atoms with van der Waals surface area (Å²) in [7, 11) is 0. The molecule has 0 aliphatic carbocycles. The number of likely N-dealkylation sites (tertiary alicyclic amines) is 1. The third kappa shape index (κ3) is 5.62. The Kier molecular flexibility index (Phi) is 7.11. The van der Waals surface area contributed by atoms with Crippen LogP contribution in [-0.2, 0) is 16.1 Å². The van der Waals surface area contributed by atoms with Crippen LogP contribution in [0, 0.1) is 12.8 Å². The lowest BCUT2D eigenvalue weighted by molar-refractivity contribution is -0.135. The smallest absolute Gasteiger partial charge is 0.274 e. The Hall–Kier alpha value is -3.29. The van der Waals surface area contributed by atoms with Crippen LogP contribution in [0.5, 0.6) is 0 Å². The molecule has 3 rings (SSSR count). The predicted molar refractivity (Wildman–Crippen MR) is 111 cm³/mol. The maximum Gasteiger partial charge on any atom is 0.274 e. The van der Waals surface area contributed by atoms with E-state index in [1.165, 1.54) is 6.20 Å². The zero-order valence-corrected chi connectivity index (χ0v) is 17.2. The molecule has 1 aliphatic rings. The van der Waals surface area contributed by atoms with E-state index >= 15 is 0 Å². The van der Waals surface area contributed by atoms with E-state index in [1.54, 1.807) is 16.0 Å². The number of primary amides is 1. The molecule has 2 aromatic rings. The standard InChI is InChI=1S/C22H27N5O3/c1-16-13-25-19(14-24-16)22(30)27(15-17-5-3-2-4-6-17)12-9-20(28)26-10-7-18(8-11-26)21(23)29/h2-6,13-14,18H,7-12,15H2,1H3,(H2,23,29). The molecule has 0 saturated carbocycles. The van der Waals surface area contributed by atoms with Crippen LogP contribution >= 0.6 is 0 Å². The Morgan fingerprint density at radius 3 is 2.40 bits per heavy atom. The van der Waals surface area contributed by atoms with Gasteiger partial charge in [0.2, 0.25) is 11.8 Å². The van der Waals surface area contributed by atoms with E-state index < -0.39 is 0 Å². The van der Waals surface area contributed by atoms with E-state index in [-0.39, 0.29) is 42.3 Å². The van der Waals surface area contributed by atoms with Gasteiger partial charge in [0.1, 0.15) is 5.69 Å². The number of rotatable bonds is 7. The normalized spacial score (nSPS) is 14.4. The van der Waals surface area contributed by atoms with Gasteiger partial charge in [-0.2, -0.15) is 0 Å². The topological polar surface area (TPSA) is 109 Å². The first-order chi connectivity index (χ1) is 14.4. The number of carbonyl (C=O) groups excluding carboxylic acids is 3. The molecule has 2 N–H and O–H groups in total. The third-order valence-corrected chi connectivity index (χ3v) is 5.35. The van der Waals surface area contributed by atoms with Gasteiger partial charge in [-0.25, -0.2) is 4.98 Å². The number of nitrogens with zero attached hydrogens (tertiary/aromatic N) is 4. The molecule has 0 bridgehead atoms. The van der Waals surface area contributed by atoms with Gasteiger partial charge in [-0.1, -0.05) is 30.3 Å². The molecular formula is C22H27N5O3. The summed E-state index contributed by atoms with van der Waals surface area (Å²) < 4.78 is 0. The largest absolute Gasteiger partial charge is 0.369 e. The van der Waals surface area contributed by atoms with Crippen molar-refractivity contribution in [2.45, 2.75) is 32.7 Å². The molecular weight excluding hydrogens is 382 g/mol. The maximum absolute atomic E-state index is 13.0. The van der Waals surface area contributed by atoms with Crippen molar-refractivity contribution in [1.29, 1.82) is 0 Å². The molecule has 158 valence electrons. The zero-order chi connectivity index (χ0) is 21.5. The van der Waals surface area contributed by atoms with Crippen molar-refractivity contribution < 1.29 is 14.4 Å². The summed E-state index contributed by atoms with van der Waals surface area (Å²) in [5, 5.41) is 0. The van der Waals surface area contributed by atoms with Gasteiger partial charge in [0, 0.05) is 44.7 Å².